The number of hydrogen-bond acceptors (Lipinski definition) is 4. The number of benzene rings is 2. The number of carboxylic acid groups (broad SMARTS) is 1. The Morgan fingerprint density at radius 2 is 1.65 bits per heavy atom. The summed E-state index contributed by atoms with van der Waals surface area (Å²) < 4.78 is 25.8. The van der Waals surface area contributed by atoms with E-state index in [9.17, 15) is 15.0 Å². The number of phenolic OH excluding ortho intramolecular Hbond substituents is 1. The van der Waals surface area contributed by atoms with Crippen molar-refractivity contribution in [1.82, 2.24) is 1.33 Å². The molecule has 26 heavy (non-hydrogen) atoms. The van der Waals surface area contributed by atoms with E-state index >= 15 is 0 Å². The summed E-state index contributed by atoms with van der Waals surface area (Å²) in [5, 5.41) is 19.4. The summed E-state index contributed by atoms with van der Waals surface area (Å²) in [6.45, 7) is 0. The van der Waals surface area contributed by atoms with Crippen LogP contribution in [0.3, 0.4) is 0 Å². The summed E-state index contributed by atoms with van der Waals surface area (Å²) in [6, 6.07) is 6.45. The molecule has 144 valence electrons. The van der Waals surface area contributed by atoms with E-state index in [1.807, 2.05) is 57.3 Å². The molecule has 0 heterocycles. The van der Waals surface area contributed by atoms with Crippen molar-refractivity contribution >= 4 is 96.3 Å². The molecule has 5 nitrogen and oxygen atoms in total. The first-order valence-corrected chi connectivity index (χ1v) is 13.0. The van der Waals surface area contributed by atoms with Crippen molar-refractivity contribution in [1.29, 1.82) is 1.19 Å². The molecular weight excluding hydrogens is 1020 g/mol. The quantitative estimate of drug-likeness (QED) is 0.244. The zero-order chi connectivity index (χ0) is 21.0. The Balaban J connectivity index is 2.31. The van der Waals surface area contributed by atoms with E-state index in [0.717, 1.165) is 12.7 Å². The minimum atomic E-state index is -1.18. The Labute approximate surface area is 233 Å². The number of halogens is 6. The summed E-state index contributed by atoms with van der Waals surface area (Å²) in [5.74, 6) is 0.527. The van der Waals surface area contributed by atoms with Crippen molar-refractivity contribution < 1.29 is 65.1 Å². The van der Waals surface area contributed by atoms with Gasteiger partial charge in [-0.1, -0.05) is 0 Å². The molecule has 2 rings (SSSR count). The summed E-state index contributed by atoms with van der Waals surface area (Å²) in [4.78, 5) is 11.6. The number of aliphatic carboxylic acids is 1. The van der Waals surface area contributed by atoms with Gasteiger partial charge in [-0.3, -0.25) is 0 Å². The summed E-state index contributed by atoms with van der Waals surface area (Å²) in [7, 11) is 0. The Kier molecular flexibility index (Phi) is 8.72. The van der Waals surface area contributed by atoms with Crippen molar-refractivity contribution in [3.8, 4) is 17.2 Å². The van der Waals surface area contributed by atoms with E-state index in [4.69, 9.17) is 5.92 Å². The minimum absolute atomic E-state index is 0.229. The van der Waals surface area contributed by atoms with Crippen LogP contribution < -0.4 is 50.1 Å². The van der Waals surface area contributed by atoms with Crippen LogP contribution in [0.4, 0.5) is 0 Å². The number of hydrogen-bond donors (Lipinski definition) is 2. The monoisotopic (exact) mass is 1030 g/mol. The number of ether oxygens (including phenoxy) is 1. The first kappa shape index (κ1) is 21.1. The van der Waals surface area contributed by atoms with Gasteiger partial charge in [0.05, 0.1) is 0 Å². The van der Waals surface area contributed by atoms with Gasteiger partial charge in [0.15, 0.2) is 0 Å². The summed E-state index contributed by atoms with van der Waals surface area (Å²) in [5.41, 5.74) is 0.836. The predicted octanol–water partition coefficient (Wildman–Crippen LogP) is -1.70. The Bertz CT molecular complexity index is 838. The van der Waals surface area contributed by atoms with E-state index in [0.29, 0.717) is 18.6 Å². The Hall–Kier alpha value is 1.85. The molecule has 0 amide bonds. The van der Waals surface area contributed by atoms with Crippen LogP contribution in [0.1, 0.15) is 5.56 Å². The van der Waals surface area contributed by atoms with Gasteiger partial charge in [-0.15, -0.1) is 0 Å². The number of phenols is 1. The fourth-order valence-electron chi connectivity index (χ4n) is 2.01. The van der Waals surface area contributed by atoms with Gasteiger partial charge in [-0.2, -0.15) is 0 Å². The molecule has 2 aromatic carbocycles. The molecule has 0 aliphatic carbocycles. The van der Waals surface area contributed by atoms with Gasteiger partial charge in [-0.25, -0.2) is 0 Å². The van der Waals surface area contributed by atoms with Crippen LogP contribution >= 0.6 is 90.4 Å². The van der Waals surface area contributed by atoms with Gasteiger partial charge in [0.25, 0.3) is 0 Å². The molecule has 0 bridgehead atoms. The van der Waals surface area contributed by atoms with Crippen molar-refractivity contribution in [3.63, 3.8) is 0 Å². The van der Waals surface area contributed by atoms with Gasteiger partial charge in [-0.05, 0) is 0 Å². The van der Waals surface area contributed by atoms with E-state index in [1.54, 1.807) is 12.1 Å². The van der Waals surface area contributed by atoms with Crippen LogP contribution in [0.15, 0.2) is 24.3 Å². The maximum atomic E-state index is 11.6. The van der Waals surface area contributed by atoms with Crippen molar-refractivity contribution in [2.75, 3.05) is 0 Å². The zero-order valence-electron chi connectivity index (χ0n) is 14.5. The first-order chi connectivity index (χ1) is 13.2. The molecule has 0 aromatic heterocycles. The molecule has 0 saturated carbocycles. The van der Waals surface area contributed by atoms with Crippen molar-refractivity contribution in [2.24, 2.45) is 0 Å². The van der Waals surface area contributed by atoms with Crippen LogP contribution in [0, 0.1) is 14.3 Å². The second-order valence-electron chi connectivity index (χ2n) is 5.04. The predicted molar refractivity (Wildman–Crippen MR) is 125 cm³/mol. The van der Waals surface area contributed by atoms with Gasteiger partial charge < -0.3 is 5.11 Å². The molecule has 2 aromatic rings. The third kappa shape index (κ3) is 6.42. The number of carboxylic acids is 1. The van der Waals surface area contributed by atoms with Gasteiger partial charge >= 0.3 is 233 Å². The fourth-order valence-corrected chi connectivity index (χ4v) is 6.71. The van der Waals surface area contributed by atoms with Crippen LogP contribution in [-0.4, -0.2) is 24.7 Å². The molecule has 0 saturated heterocycles. The molecule has 0 fully saturated rings. The van der Waals surface area contributed by atoms with Gasteiger partial charge in [0.2, 0.25) is 0 Å². The molecule has 0 radical (unpaired) electrons. The molecule has 0 aliphatic rings. The van der Waals surface area contributed by atoms with Gasteiger partial charge in [0, 0.05) is 0 Å². The molecule has 0 aliphatic heterocycles. The molecule has 0 unspecified atom stereocenters. The second kappa shape index (κ2) is 10.8. The van der Waals surface area contributed by atoms with E-state index in [1.165, 1.54) is 1.33 Å². The molecule has 2 N–H and O–H groups in total. The summed E-state index contributed by atoms with van der Waals surface area (Å²) >= 11 is 6.05. The van der Waals surface area contributed by atoms with E-state index in [-0.39, 0.29) is 12.2 Å². The maximum absolute atomic E-state index is 11.6. The molecule has 1 atom stereocenters. The van der Waals surface area contributed by atoms with Crippen LogP contribution in [0.5, 0.6) is 17.2 Å². The van der Waals surface area contributed by atoms with Crippen LogP contribution in [0.25, 0.3) is 0 Å². The van der Waals surface area contributed by atoms with Crippen LogP contribution in [0.2, 0.25) is 0 Å². The second-order valence-corrected chi connectivity index (χ2v) is 13.6. The normalized spacial score (nSPS) is 13.6. The topological polar surface area (TPSA) is 70.0 Å². The number of rotatable bonds is 8. The standard InChI is InChI=1S/C15H11I6NO4/c16-8-4-7(5-9(17)13(8)23)26-14-10(18)1-6(2-11(14)19)3-12(15(24)25)22(20)21/h1-2,4-5,12,20-21,23H,3H2,(H,24,25)/q-2/t12-/m0/s1/i20D,21D. The zero-order valence-corrected chi connectivity index (χ0v) is 25.5. The van der Waals surface area contributed by atoms with E-state index in [2.05, 4.69) is 45.2 Å². The van der Waals surface area contributed by atoms with Gasteiger partial charge in [0.1, 0.15) is 0 Å². The van der Waals surface area contributed by atoms with Crippen LogP contribution in [-0.2, 0) is 11.2 Å². The van der Waals surface area contributed by atoms with E-state index < -0.39 is 57.3 Å². The third-order valence-electron chi connectivity index (χ3n) is 3.22. The fraction of sp³-hybridized carbons (Fsp3) is 0.133. The third-order valence-corrected chi connectivity index (χ3v) is 7.81. The number of aromatic hydroxyl groups is 1. The van der Waals surface area contributed by atoms with Crippen molar-refractivity contribution in [3.05, 3.63) is 44.1 Å². The Morgan fingerprint density at radius 1 is 1.12 bits per heavy atom. The average Bonchev–Trinajstić information content (AvgIpc) is 2.62. The average molecular weight is 1030 g/mol. The molecule has 11 heteroatoms. The summed E-state index contributed by atoms with van der Waals surface area (Å²) in [6.07, 6.45) is 0.258. The van der Waals surface area contributed by atoms with Crippen molar-refractivity contribution in [2.45, 2.75) is 12.5 Å². The first-order valence-electron chi connectivity index (χ1n) is 7.53. The number of nitrogens with zero attached hydrogens (tertiary/aromatic N) is 1. The molecule has 0 spiro atoms. The number of carbonyl (C=O) groups is 1. The molecular formula is C15H11I6NO4-2. The Morgan fingerprint density at radius 3 is 2.12 bits per heavy atom. The SMILES string of the molecule is [2H][I-]N([I-][2H])[C@@H](Cc1cc(I)c(Oc2cc(I)c(O)c(I)c2)c(I)c1)C(=O)O.